The molecule has 216 valence electrons. The van der Waals surface area contributed by atoms with E-state index in [4.69, 9.17) is 4.18 Å². The summed E-state index contributed by atoms with van der Waals surface area (Å²) in [6, 6.07) is 11.0. The Hall–Kier alpha value is -2.85. The predicted molar refractivity (Wildman–Crippen MR) is 160 cm³/mol. The van der Waals surface area contributed by atoms with Gasteiger partial charge in [0.1, 0.15) is 12.1 Å². The summed E-state index contributed by atoms with van der Waals surface area (Å²) in [5.41, 5.74) is 5.85. The van der Waals surface area contributed by atoms with Gasteiger partial charge in [0, 0.05) is 44.0 Å². The second kappa shape index (κ2) is 17.0. The Morgan fingerprint density at radius 2 is 1.90 bits per heavy atom. The molecule has 0 aromatic heterocycles. The van der Waals surface area contributed by atoms with Gasteiger partial charge >= 0.3 is 6.18 Å². The average molecular weight is 567 g/mol. The molecule has 0 saturated carbocycles. The van der Waals surface area contributed by atoms with Gasteiger partial charge in [-0.2, -0.15) is 13.2 Å². The molecule has 0 amide bonds. The minimum Gasteiger partial charge on any atom is -0.378 e. The van der Waals surface area contributed by atoms with Gasteiger partial charge in [0.15, 0.2) is 6.10 Å². The first kappa shape index (κ1) is 34.2. The number of hydrogen-bond acceptors (Lipinski definition) is 6. The van der Waals surface area contributed by atoms with Crippen LogP contribution in [0.3, 0.4) is 0 Å². The van der Waals surface area contributed by atoms with Gasteiger partial charge in [-0.05, 0) is 73.6 Å². The van der Waals surface area contributed by atoms with Crippen molar-refractivity contribution in [1.82, 2.24) is 0 Å². The second-order valence-electron chi connectivity index (χ2n) is 8.95. The van der Waals surface area contributed by atoms with E-state index in [0.29, 0.717) is 13.0 Å². The molecule has 1 aliphatic heterocycles. The molecule has 1 unspecified atom stereocenters. The first-order valence-electron chi connectivity index (χ1n) is 12.8. The van der Waals surface area contributed by atoms with Crippen LogP contribution in [0.25, 0.3) is 0 Å². The molecule has 39 heavy (non-hydrogen) atoms. The van der Waals surface area contributed by atoms with Gasteiger partial charge in [0.2, 0.25) is 0 Å². The number of hydrogen-bond donors (Lipinski definition) is 1. The standard InChI is InChI=1S/C14H19N3O.C12H14F3NOS.C3H8/c1-10-5-6-13(9-14(10)16-7-8-18)11(2)17-12(3)15-4;1-16-7-6-8-9(4-3-5-10(8)16)11(17-18-2)12(13,14)15;1-3-2/h5-6,8-9,16H,7H2,1-4H3;3-5,11H,6-7H2,1-2H3;3H2,1-2H3. The summed E-state index contributed by atoms with van der Waals surface area (Å²) in [6.45, 7) is 11.1. The number of aldehydes is 1. The Balaban J connectivity index is 0.000000354. The van der Waals surface area contributed by atoms with E-state index in [1.807, 2.05) is 57.0 Å². The van der Waals surface area contributed by atoms with Crippen LogP contribution in [0.5, 0.6) is 0 Å². The zero-order chi connectivity index (χ0) is 29.6. The third-order valence-electron chi connectivity index (χ3n) is 5.75. The lowest BCUT2D eigenvalue weighted by molar-refractivity contribution is -0.194. The van der Waals surface area contributed by atoms with E-state index in [-0.39, 0.29) is 5.56 Å². The molecule has 0 bridgehead atoms. The molecule has 0 aliphatic carbocycles. The molecule has 3 rings (SSSR count). The molecule has 1 aliphatic rings. The molecule has 2 aromatic rings. The number of fused-ring (bicyclic) bond motifs is 1. The number of amidine groups is 1. The molecule has 0 radical (unpaired) electrons. The van der Waals surface area contributed by atoms with Crippen LogP contribution in [0.4, 0.5) is 24.5 Å². The second-order valence-corrected chi connectivity index (χ2v) is 9.48. The highest BCUT2D eigenvalue weighted by molar-refractivity contribution is 7.93. The van der Waals surface area contributed by atoms with E-state index in [1.54, 1.807) is 13.1 Å². The van der Waals surface area contributed by atoms with Crippen molar-refractivity contribution in [1.29, 1.82) is 0 Å². The Labute approximate surface area is 235 Å². The molecule has 2 aromatic carbocycles. The number of carbonyl (C=O) groups excluding carboxylic acids is 1. The maximum absolute atomic E-state index is 13.0. The van der Waals surface area contributed by atoms with Gasteiger partial charge in [-0.1, -0.05) is 44.5 Å². The normalized spacial score (nSPS) is 14.0. The van der Waals surface area contributed by atoms with Crippen LogP contribution in [0, 0.1) is 6.92 Å². The quantitative estimate of drug-likeness (QED) is 0.163. The van der Waals surface area contributed by atoms with E-state index in [9.17, 15) is 18.0 Å². The Kier molecular flexibility index (Phi) is 14.9. The van der Waals surface area contributed by atoms with Crippen molar-refractivity contribution in [3.63, 3.8) is 0 Å². The first-order valence-corrected chi connectivity index (χ1v) is 14.0. The van der Waals surface area contributed by atoms with Crippen molar-refractivity contribution in [3.05, 3.63) is 58.7 Å². The zero-order valence-electron chi connectivity index (χ0n) is 24.1. The highest BCUT2D eigenvalue weighted by atomic mass is 32.2. The lowest BCUT2D eigenvalue weighted by atomic mass is 10.00. The summed E-state index contributed by atoms with van der Waals surface area (Å²) in [5.74, 6) is 0.746. The number of likely N-dealkylation sites (N-methyl/N-ethyl adjacent to an activating group) is 1. The number of nitrogens with zero attached hydrogens (tertiary/aromatic N) is 3. The van der Waals surface area contributed by atoms with Gasteiger partial charge < -0.3 is 15.0 Å². The fourth-order valence-electron chi connectivity index (χ4n) is 3.79. The van der Waals surface area contributed by atoms with Crippen molar-refractivity contribution in [2.75, 3.05) is 43.7 Å². The van der Waals surface area contributed by atoms with Crippen LogP contribution in [-0.2, 0) is 15.4 Å². The summed E-state index contributed by atoms with van der Waals surface area (Å²) in [6.07, 6.45) is -2.02. The SMILES string of the molecule is CCC.CN=C(C)N=C(C)c1ccc(C)c(NCC=O)c1.CSOC(c1cccc2c1CCN2C)C(F)(F)F. The number of rotatable bonds is 7. The maximum atomic E-state index is 13.0. The van der Waals surface area contributed by atoms with Gasteiger partial charge in [0.25, 0.3) is 0 Å². The molecule has 1 N–H and O–H groups in total. The molecule has 0 fully saturated rings. The molecule has 0 saturated heterocycles. The Morgan fingerprint density at radius 3 is 2.46 bits per heavy atom. The highest BCUT2D eigenvalue weighted by Gasteiger charge is 2.44. The molecule has 1 atom stereocenters. The molecule has 10 heteroatoms. The van der Waals surface area contributed by atoms with E-state index in [0.717, 1.165) is 64.5 Å². The number of aryl methyl sites for hydroxylation is 1. The number of benzene rings is 2. The average Bonchev–Trinajstić information content (AvgIpc) is 3.28. The largest absolute Gasteiger partial charge is 0.420 e. The predicted octanol–water partition coefficient (Wildman–Crippen LogP) is 7.46. The van der Waals surface area contributed by atoms with Crippen LogP contribution in [0.2, 0.25) is 0 Å². The first-order chi connectivity index (χ1) is 18.4. The molecular weight excluding hydrogens is 525 g/mol. The lowest BCUT2D eigenvalue weighted by Crippen LogP contribution is -2.22. The third-order valence-corrected chi connectivity index (χ3v) is 6.14. The van der Waals surface area contributed by atoms with E-state index >= 15 is 0 Å². The van der Waals surface area contributed by atoms with Gasteiger partial charge in [-0.3, -0.25) is 9.18 Å². The third kappa shape index (κ3) is 10.7. The highest BCUT2D eigenvalue weighted by Crippen LogP contribution is 2.42. The number of nitrogens with one attached hydrogen (secondary N) is 1. The van der Waals surface area contributed by atoms with E-state index in [1.165, 1.54) is 18.7 Å². The van der Waals surface area contributed by atoms with E-state index < -0.39 is 12.3 Å². The summed E-state index contributed by atoms with van der Waals surface area (Å²) >= 11 is 0.744. The van der Waals surface area contributed by atoms with Crippen LogP contribution in [0.15, 0.2) is 46.4 Å². The monoisotopic (exact) mass is 566 g/mol. The molecule has 1 heterocycles. The lowest BCUT2D eigenvalue weighted by Gasteiger charge is -2.22. The van der Waals surface area contributed by atoms with Crippen LogP contribution >= 0.6 is 12.0 Å². The van der Waals surface area contributed by atoms with E-state index in [2.05, 4.69) is 29.1 Å². The molecule has 0 spiro atoms. The van der Waals surface area contributed by atoms with Gasteiger partial charge in [-0.25, -0.2) is 4.99 Å². The summed E-state index contributed by atoms with van der Waals surface area (Å²) in [4.78, 5) is 20.8. The summed E-state index contributed by atoms with van der Waals surface area (Å²) < 4.78 is 43.8. The fraction of sp³-hybridized carbons (Fsp3) is 0.483. The van der Waals surface area contributed by atoms with Crippen molar-refractivity contribution in [2.24, 2.45) is 9.98 Å². The number of alkyl halides is 3. The Morgan fingerprint density at radius 1 is 1.23 bits per heavy atom. The summed E-state index contributed by atoms with van der Waals surface area (Å²) in [7, 11) is 3.60. The zero-order valence-corrected chi connectivity index (χ0v) is 25.0. The molecule has 6 nitrogen and oxygen atoms in total. The minimum absolute atomic E-state index is 0.235. The maximum Gasteiger partial charge on any atom is 0.420 e. The summed E-state index contributed by atoms with van der Waals surface area (Å²) in [5, 5.41) is 3.07. The number of anilines is 2. The number of carbonyl (C=O) groups is 1. The van der Waals surface area contributed by atoms with Crippen molar-refractivity contribution in [3.8, 4) is 0 Å². The minimum atomic E-state index is -4.39. The van der Waals surface area contributed by atoms with Gasteiger partial charge in [-0.15, -0.1) is 0 Å². The molecular formula is C29H41F3N4O2S. The fourth-order valence-corrected chi connectivity index (χ4v) is 4.20. The van der Waals surface area contributed by atoms with Crippen LogP contribution < -0.4 is 10.2 Å². The Bertz CT molecular complexity index is 1120. The van der Waals surface area contributed by atoms with Crippen LogP contribution in [0.1, 0.15) is 62.5 Å². The smallest absolute Gasteiger partial charge is 0.378 e. The van der Waals surface area contributed by atoms with Crippen molar-refractivity contribution in [2.45, 2.75) is 59.7 Å². The number of aliphatic imine (C=N–C) groups is 2. The number of halogens is 3. The van der Waals surface area contributed by atoms with Crippen LogP contribution in [-0.4, -0.2) is 57.5 Å². The van der Waals surface area contributed by atoms with Crippen molar-refractivity contribution >= 4 is 41.3 Å². The topological polar surface area (TPSA) is 66.3 Å². The van der Waals surface area contributed by atoms with Crippen molar-refractivity contribution < 1.29 is 22.1 Å². The van der Waals surface area contributed by atoms with Gasteiger partial charge in [0.05, 0.1) is 6.54 Å².